The van der Waals surface area contributed by atoms with Crippen LogP contribution in [0.1, 0.15) is 43.2 Å². The van der Waals surface area contributed by atoms with Crippen LogP contribution in [-0.2, 0) is 31.4 Å². The molecule has 192 valence electrons. The molecule has 35 heavy (non-hydrogen) atoms. The van der Waals surface area contributed by atoms with E-state index in [1.165, 1.54) is 18.9 Å². The third-order valence-electron chi connectivity index (χ3n) is 9.01. The van der Waals surface area contributed by atoms with Gasteiger partial charge in [0.05, 0.1) is 24.2 Å². The lowest BCUT2D eigenvalue weighted by Gasteiger charge is -2.65. The molecule has 1 aromatic carbocycles. The second-order valence-corrected chi connectivity index (χ2v) is 12.3. The molecule has 2 bridgehead atoms. The minimum atomic E-state index is -5.91. The van der Waals surface area contributed by atoms with Crippen molar-refractivity contribution in [3.8, 4) is 11.5 Å². The second kappa shape index (κ2) is 6.83. The lowest BCUT2D eigenvalue weighted by atomic mass is 9.48. The summed E-state index contributed by atoms with van der Waals surface area (Å²) in [5.74, 6) is -1.13. The van der Waals surface area contributed by atoms with E-state index < -0.39 is 44.3 Å². The molecule has 0 amide bonds. The molecule has 7 rings (SSSR count). The molecule has 2 spiro atoms. The van der Waals surface area contributed by atoms with Crippen molar-refractivity contribution in [3.05, 3.63) is 23.3 Å². The monoisotopic (exact) mass is 517 g/mol. The van der Waals surface area contributed by atoms with Gasteiger partial charge in [0.25, 0.3) is 0 Å². The number of halogens is 3. The average Bonchev–Trinajstić information content (AvgIpc) is 3.34. The number of alkyl halides is 3. The van der Waals surface area contributed by atoms with Crippen LogP contribution in [0, 0.1) is 5.92 Å². The molecule has 3 aliphatic heterocycles. The summed E-state index contributed by atoms with van der Waals surface area (Å²) >= 11 is 0. The number of piperidine rings is 1. The summed E-state index contributed by atoms with van der Waals surface area (Å²) in [7, 11) is -5.91. The summed E-state index contributed by atoms with van der Waals surface area (Å²) < 4.78 is 86.1. The van der Waals surface area contributed by atoms with Crippen LogP contribution in [0.4, 0.5) is 13.2 Å². The van der Waals surface area contributed by atoms with Crippen LogP contribution in [0.5, 0.6) is 11.5 Å². The van der Waals surface area contributed by atoms with Crippen LogP contribution in [0.15, 0.2) is 12.1 Å². The van der Waals surface area contributed by atoms with Crippen LogP contribution >= 0.6 is 0 Å². The van der Waals surface area contributed by atoms with Gasteiger partial charge in [-0.1, -0.05) is 6.07 Å². The lowest BCUT2D eigenvalue weighted by molar-refractivity contribution is -0.296. The van der Waals surface area contributed by atoms with Crippen LogP contribution in [0.25, 0.3) is 0 Å². The van der Waals surface area contributed by atoms with Gasteiger partial charge in [0, 0.05) is 24.6 Å². The Hall–Kier alpha value is -1.60. The summed E-state index contributed by atoms with van der Waals surface area (Å²) in [6.45, 7) is 2.26. The molecule has 12 heteroatoms. The maximum atomic E-state index is 13.1. The average molecular weight is 518 g/mol. The van der Waals surface area contributed by atoms with Crippen molar-refractivity contribution in [2.75, 3.05) is 26.3 Å². The molecule has 2 saturated carbocycles. The number of hydrogen-bond donors (Lipinski definition) is 1. The molecule has 4 atom stereocenters. The van der Waals surface area contributed by atoms with Crippen LogP contribution < -0.4 is 8.92 Å². The zero-order chi connectivity index (χ0) is 24.4. The minimum absolute atomic E-state index is 0.0618. The quantitative estimate of drug-likeness (QED) is 0.480. The number of ether oxygens (including phenoxy) is 3. The van der Waals surface area contributed by atoms with Crippen LogP contribution in [0.2, 0.25) is 0 Å². The Balaban J connectivity index is 1.40. The topological polar surface area (TPSA) is 94.5 Å². The number of benzene rings is 1. The van der Waals surface area contributed by atoms with Gasteiger partial charge in [0.2, 0.25) is 5.79 Å². The Morgan fingerprint density at radius 2 is 1.89 bits per heavy atom. The molecule has 6 aliphatic rings. The van der Waals surface area contributed by atoms with E-state index in [0.717, 1.165) is 12.1 Å². The fourth-order valence-electron chi connectivity index (χ4n) is 7.43. The van der Waals surface area contributed by atoms with E-state index >= 15 is 0 Å². The molecular formula is C23H26F3NO7S. The predicted octanol–water partition coefficient (Wildman–Crippen LogP) is 2.22. The summed E-state index contributed by atoms with van der Waals surface area (Å²) in [6.07, 6.45) is 3.24. The van der Waals surface area contributed by atoms with Gasteiger partial charge in [-0.25, -0.2) is 0 Å². The summed E-state index contributed by atoms with van der Waals surface area (Å²) in [6, 6.07) is 2.64. The maximum absolute atomic E-state index is 13.1. The highest BCUT2D eigenvalue weighted by molar-refractivity contribution is 7.88. The third-order valence-corrected chi connectivity index (χ3v) is 9.98. The van der Waals surface area contributed by atoms with E-state index in [9.17, 15) is 26.7 Å². The van der Waals surface area contributed by atoms with E-state index in [4.69, 9.17) is 14.2 Å². The van der Waals surface area contributed by atoms with Gasteiger partial charge >= 0.3 is 15.6 Å². The SMILES string of the molecule is O=S(=O)(Oc1ccc2c3c1OC1C4(CCC5(O)[C@@H](C2)N(CC2CC2)CCC315)OCCO4)C(F)(F)F. The molecule has 3 heterocycles. The van der Waals surface area contributed by atoms with Gasteiger partial charge in [-0.2, -0.15) is 21.6 Å². The summed E-state index contributed by atoms with van der Waals surface area (Å²) in [5, 5.41) is 12.4. The molecule has 8 nitrogen and oxygen atoms in total. The molecule has 0 aromatic heterocycles. The van der Waals surface area contributed by atoms with Gasteiger partial charge in [-0.05, 0) is 56.2 Å². The number of hydrogen-bond acceptors (Lipinski definition) is 8. The number of fused-ring (bicyclic) bond motifs is 1. The van der Waals surface area contributed by atoms with Gasteiger partial charge in [0.15, 0.2) is 17.6 Å². The molecular weight excluding hydrogens is 491 g/mol. The first-order chi connectivity index (χ1) is 16.5. The predicted molar refractivity (Wildman–Crippen MR) is 113 cm³/mol. The zero-order valence-corrected chi connectivity index (χ0v) is 19.7. The minimum Gasteiger partial charge on any atom is -0.479 e. The summed E-state index contributed by atoms with van der Waals surface area (Å²) in [5.41, 5.74) is -6.46. The van der Waals surface area contributed by atoms with Crippen molar-refractivity contribution in [1.29, 1.82) is 0 Å². The van der Waals surface area contributed by atoms with Crippen molar-refractivity contribution < 1.29 is 45.1 Å². The Morgan fingerprint density at radius 1 is 1.14 bits per heavy atom. The molecule has 1 aromatic rings. The van der Waals surface area contributed by atoms with E-state index in [1.54, 1.807) is 6.07 Å². The van der Waals surface area contributed by atoms with Crippen molar-refractivity contribution in [3.63, 3.8) is 0 Å². The van der Waals surface area contributed by atoms with E-state index in [1.807, 2.05) is 0 Å². The Morgan fingerprint density at radius 3 is 2.57 bits per heavy atom. The molecule has 4 fully saturated rings. The third kappa shape index (κ3) is 2.80. The molecule has 3 aliphatic carbocycles. The van der Waals surface area contributed by atoms with Crippen LogP contribution in [-0.4, -0.2) is 73.8 Å². The first kappa shape index (κ1) is 22.6. The van der Waals surface area contributed by atoms with E-state index in [2.05, 4.69) is 9.08 Å². The Kier molecular flexibility index (Phi) is 4.41. The molecule has 3 unspecified atom stereocenters. The zero-order valence-electron chi connectivity index (χ0n) is 18.8. The smallest absolute Gasteiger partial charge is 0.479 e. The van der Waals surface area contributed by atoms with Gasteiger partial charge in [-0.15, -0.1) is 0 Å². The largest absolute Gasteiger partial charge is 0.534 e. The number of aliphatic hydroxyl groups is 1. The fraction of sp³-hybridized carbons (Fsp3) is 0.739. The molecule has 2 saturated heterocycles. The fourth-order valence-corrected chi connectivity index (χ4v) is 7.89. The van der Waals surface area contributed by atoms with E-state index in [0.29, 0.717) is 56.9 Å². The van der Waals surface area contributed by atoms with Crippen molar-refractivity contribution in [1.82, 2.24) is 4.90 Å². The van der Waals surface area contributed by atoms with Gasteiger partial charge in [0.1, 0.15) is 0 Å². The highest BCUT2D eigenvalue weighted by Crippen LogP contribution is 2.68. The highest BCUT2D eigenvalue weighted by Gasteiger charge is 2.77. The molecule has 0 radical (unpaired) electrons. The first-order valence-corrected chi connectivity index (χ1v) is 13.5. The van der Waals surface area contributed by atoms with Crippen molar-refractivity contribution in [2.45, 2.75) is 73.0 Å². The van der Waals surface area contributed by atoms with Crippen molar-refractivity contribution >= 4 is 10.1 Å². The van der Waals surface area contributed by atoms with Gasteiger partial charge in [-0.3, -0.25) is 4.90 Å². The first-order valence-electron chi connectivity index (χ1n) is 12.1. The van der Waals surface area contributed by atoms with Crippen molar-refractivity contribution in [2.24, 2.45) is 5.92 Å². The maximum Gasteiger partial charge on any atom is 0.534 e. The van der Waals surface area contributed by atoms with E-state index in [-0.39, 0.29) is 11.8 Å². The van der Waals surface area contributed by atoms with Crippen LogP contribution in [0.3, 0.4) is 0 Å². The lowest BCUT2D eigenvalue weighted by Crippen LogP contribution is -2.79. The highest BCUT2D eigenvalue weighted by atomic mass is 32.2. The standard InChI is InChI=1S/C23H26F3NO7S/c24-23(25,26)35(29,30)34-15-4-3-14-11-16-21(28)5-6-22(31-9-10-32-22)19-20(21,17(14)18(15)33-19)7-8-27(16)12-13-1-2-13/h3-4,13,16,19,28H,1-2,5-12H2/t16-,19?,20?,21?/m1/s1. The number of rotatable bonds is 4. The number of nitrogens with zero attached hydrogens (tertiary/aromatic N) is 1. The van der Waals surface area contributed by atoms with Gasteiger partial charge < -0.3 is 23.5 Å². The second-order valence-electron chi connectivity index (χ2n) is 10.7. The summed E-state index contributed by atoms with van der Waals surface area (Å²) in [4.78, 5) is 2.35. The molecule has 1 N–H and O–H groups in total. The normalized spacial score (nSPS) is 37.3. The Labute approximate surface area is 200 Å². The Bertz CT molecular complexity index is 1200. The number of likely N-dealkylation sites (tertiary alicyclic amines) is 1.